The highest BCUT2D eigenvalue weighted by Crippen LogP contribution is 2.22. The summed E-state index contributed by atoms with van der Waals surface area (Å²) in [4.78, 5) is 12.8. The Hall–Kier alpha value is -3.93. The van der Waals surface area contributed by atoms with Gasteiger partial charge in [0, 0.05) is 11.9 Å². The van der Waals surface area contributed by atoms with E-state index in [0.29, 0.717) is 5.69 Å². The van der Waals surface area contributed by atoms with Gasteiger partial charge < -0.3 is 10.6 Å². The lowest BCUT2D eigenvalue weighted by Gasteiger charge is -2.19. The Kier molecular flexibility index (Phi) is 6.82. The van der Waals surface area contributed by atoms with Crippen molar-refractivity contribution in [1.29, 1.82) is 5.26 Å². The van der Waals surface area contributed by atoms with Gasteiger partial charge in [0.1, 0.15) is 11.6 Å². The summed E-state index contributed by atoms with van der Waals surface area (Å²) < 4.78 is 22.7. The third kappa shape index (κ3) is 5.79. The summed E-state index contributed by atoms with van der Waals surface area (Å²) in [6.45, 7) is 0. The molecule has 0 bridgehead atoms. The maximum Gasteiger partial charge on any atom is 0.264 e. The molecule has 0 aliphatic rings. The first-order valence-corrected chi connectivity index (χ1v) is 10.8. The zero-order valence-electron chi connectivity index (χ0n) is 16.4. The molecule has 3 aromatic rings. The van der Waals surface area contributed by atoms with Crippen LogP contribution < -0.4 is 15.8 Å². The Bertz CT molecular complexity index is 1180. The second kappa shape index (κ2) is 9.71. The van der Waals surface area contributed by atoms with Crippen LogP contribution in [0.4, 0.5) is 5.69 Å². The summed E-state index contributed by atoms with van der Waals surface area (Å²) >= 11 is 0. The van der Waals surface area contributed by atoms with Gasteiger partial charge in [-0.15, -0.1) is 0 Å². The topological polar surface area (TPSA) is 125 Å². The highest BCUT2D eigenvalue weighted by atomic mass is 32.2. The maximum absolute atomic E-state index is 12.8. The number of anilines is 1. The van der Waals surface area contributed by atoms with Crippen molar-refractivity contribution in [3.63, 3.8) is 0 Å². The van der Waals surface area contributed by atoms with Crippen molar-refractivity contribution in [2.24, 2.45) is 5.14 Å². The first kappa shape index (κ1) is 21.8. The van der Waals surface area contributed by atoms with E-state index in [1.54, 1.807) is 0 Å². The average Bonchev–Trinajstić information content (AvgIpc) is 2.79. The predicted octanol–water partition coefficient (Wildman–Crippen LogP) is 3.06. The minimum Gasteiger partial charge on any atom is -0.360 e. The van der Waals surface area contributed by atoms with E-state index in [1.807, 2.05) is 66.7 Å². The van der Waals surface area contributed by atoms with Crippen molar-refractivity contribution in [3.05, 3.63) is 108 Å². The van der Waals surface area contributed by atoms with E-state index < -0.39 is 22.0 Å². The number of amides is 1. The van der Waals surface area contributed by atoms with Gasteiger partial charge in [0.25, 0.3) is 5.91 Å². The molecule has 0 unspecified atom stereocenters. The van der Waals surface area contributed by atoms with Gasteiger partial charge in [0.05, 0.1) is 10.9 Å². The molecule has 0 saturated heterocycles. The Morgan fingerprint density at radius 1 is 0.903 bits per heavy atom. The highest BCUT2D eigenvalue weighted by molar-refractivity contribution is 7.89. The molecular weight excluding hydrogens is 412 g/mol. The number of carbonyl (C=O) groups is 1. The molecule has 0 aliphatic heterocycles. The Morgan fingerprint density at radius 2 is 1.42 bits per heavy atom. The van der Waals surface area contributed by atoms with Crippen LogP contribution in [0.25, 0.3) is 0 Å². The number of sulfonamides is 1. The van der Waals surface area contributed by atoms with Crippen molar-refractivity contribution in [2.45, 2.75) is 10.9 Å². The van der Waals surface area contributed by atoms with Gasteiger partial charge in [-0.3, -0.25) is 4.79 Å². The molecule has 0 aromatic heterocycles. The summed E-state index contributed by atoms with van der Waals surface area (Å²) in [6.07, 6.45) is 1.27. The molecule has 3 aromatic carbocycles. The average molecular weight is 433 g/mol. The van der Waals surface area contributed by atoms with E-state index in [-0.39, 0.29) is 10.5 Å². The van der Waals surface area contributed by atoms with Crippen LogP contribution in [0.3, 0.4) is 0 Å². The molecule has 0 radical (unpaired) electrons. The predicted molar refractivity (Wildman–Crippen MR) is 118 cm³/mol. The Labute approximate surface area is 180 Å². The molecule has 3 rings (SSSR count). The number of carbonyl (C=O) groups excluding carboxylic acids is 1. The van der Waals surface area contributed by atoms with E-state index in [1.165, 1.54) is 30.5 Å². The number of hydrogen-bond donors (Lipinski definition) is 3. The SMILES string of the molecule is N#C/C(=C/Nc1ccc(S(N)(=O)=O)cc1)C(=O)NC(c1ccccc1)c1ccccc1. The monoisotopic (exact) mass is 432 g/mol. The molecule has 8 heteroatoms. The van der Waals surface area contributed by atoms with Crippen LogP contribution in [0.5, 0.6) is 0 Å². The number of hydrogen-bond acceptors (Lipinski definition) is 5. The van der Waals surface area contributed by atoms with E-state index in [4.69, 9.17) is 5.14 Å². The van der Waals surface area contributed by atoms with Crippen molar-refractivity contribution in [1.82, 2.24) is 5.32 Å². The maximum atomic E-state index is 12.8. The molecule has 0 aliphatic carbocycles. The van der Waals surface area contributed by atoms with Crippen LogP contribution in [0.15, 0.2) is 102 Å². The van der Waals surface area contributed by atoms with Gasteiger partial charge in [-0.2, -0.15) is 5.26 Å². The van der Waals surface area contributed by atoms with Gasteiger partial charge in [0.2, 0.25) is 10.0 Å². The second-order valence-corrected chi connectivity index (χ2v) is 8.17. The van der Waals surface area contributed by atoms with Crippen molar-refractivity contribution >= 4 is 21.6 Å². The van der Waals surface area contributed by atoms with Gasteiger partial charge >= 0.3 is 0 Å². The molecule has 0 atom stereocenters. The number of nitrogens with one attached hydrogen (secondary N) is 2. The van der Waals surface area contributed by atoms with Crippen LogP contribution >= 0.6 is 0 Å². The fourth-order valence-corrected chi connectivity index (χ4v) is 3.42. The lowest BCUT2D eigenvalue weighted by Crippen LogP contribution is -2.30. The largest absolute Gasteiger partial charge is 0.360 e. The van der Waals surface area contributed by atoms with E-state index in [2.05, 4.69) is 10.6 Å². The normalized spacial score (nSPS) is 11.6. The van der Waals surface area contributed by atoms with Crippen molar-refractivity contribution in [3.8, 4) is 6.07 Å². The number of benzene rings is 3. The summed E-state index contributed by atoms with van der Waals surface area (Å²) in [6, 6.07) is 26.0. The van der Waals surface area contributed by atoms with Crippen LogP contribution in [0.1, 0.15) is 17.2 Å². The fourth-order valence-electron chi connectivity index (χ4n) is 2.90. The van der Waals surface area contributed by atoms with Crippen LogP contribution in [0.2, 0.25) is 0 Å². The first-order valence-electron chi connectivity index (χ1n) is 9.29. The van der Waals surface area contributed by atoms with Crippen LogP contribution in [-0.4, -0.2) is 14.3 Å². The zero-order valence-corrected chi connectivity index (χ0v) is 17.2. The van der Waals surface area contributed by atoms with Crippen molar-refractivity contribution in [2.75, 3.05) is 5.32 Å². The molecule has 0 fully saturated rings. The standard InChI is InChI=1S/C23H20N4O3S/c24-15-19(16-26-20-11-13-21(14-12-20)31(25,29)30)23(28)27-22(17-7-3-1-4-8-17)18-9-5-2-6-10-18/h1-14,16,22,26H,(H,27,28)(H2,25,29,30)/b19-16-. The minimum atomic E-state index is -3.79. The number of nitrogens with two attached hydrogens (primary N) is 1. The van der Waals surface area contributed by atoms with Gasteiger partial charge in [0.15, 0.2) is 0 Å². The molecule has 31 heavy (non-hydrogen) atoms. The van der Waals surface area contributed by atoms with E-state index in [0.717, 1.165) is 11.1 Å². The zero-order chi connectivity index (χ0) is 22.3. The summed E-state index contributed by atoms with van der Waals surface area (Å²) in [5.74, 6) is -0.547. The van der Waals surface area contributed by atoms with Crippen molar-refractivity contribution < 1.29 is 13.2 Å². The fraction of sp³-hybridized carbons (Fsp3) is 0.0435. The van der Waals surface area contributed by atoms with E-state index in [9.17, 15) is 18.5 Å². The summed E-state index contributed by atoms with van der Waals surface area (Å²) in [5.41, 5.74) is 2.12. The number of nitriles is 1. The number of primary sulfonamides is 1. The molecular formula is C23H20N4O3S. The Balaban J connectivity index is 1.79. The molecule has 0 saturated carbocycles. The number of rotatable bonds is 7. The first-order chi connectivity index (χ1) is 14.9. The molecule has 4 N–H and O–H groups in total. The summed E-state index contributed by atoms with van der Waals surface area (Å²) in [5, 5.41) is 20.3. The lowest BCUT2D eigenvalue weighted by atomic mass is 9.98. The Morgan fingerprint density at radius 3 is 1.87 bits per heavy atom. The number of nitrogens with zero attached hydrogens (tertiary/aromatic N) is 1. The van der Waals surface area contributed by atoms with Gasteiger partial charge in [-0.05, 0) is 35.4 Å². The molecule has 1 amide bonds. The second-order valence-electron chi connectivity index (χ2n) is 6.61. The molecule has 0 spiro atoms. The van der Waals surface area contributed by atoms with Crippen LogP contribution in [-0.2, 0) is 14.8 Å². The van der Waals surface area contributed by atoms with Gasteiger partial charge in [-0.25, -0.2) is 13.6 Å². The third-order valence-electron chi connectivity index (χ3n) is 4.47. The lowest BCUT2D eigenvalue weighted by molar-refractivity contribution is -0.117. The summed E-state index contributed by atoms with van der Waals surface area (Å²) in [7, 11) is -3.79. The van der Waals surface area contributed by atoms with E-state index >= 15 is 0 Å². The minimum absolute atomic E-state index is 0.0335. The third-order valence-corrected chi connectivity index (χ3v) is 5.40. The highest BCUT2D eigenvalue weighted by Gasteiger charge is 2.19. The molecule has 156 valence electrons. The van der Waals surface area contributed by atoms with Gasteiger partial charge in [-0.1, -0.05) is 60.7 Å². The molecule has 0 heterocycles. The van der Waals surface area contributed by atoms with Crippen LogP contribution in [0, 0.1) is 11.3 Å². The quantitative estimate of drug-likeness (QED) is 0.391. The molecule has 7 nitrogen and oxygen atoms in total. The smallest absolute Gasteiger partial charge is 0.264 e.